The van der Waals surface area contributed by atoms with E-state index >= 15 is 0 Å². The third kappa shape index (κ3) is 5.31. The van der Waals surface area contributed by atoms with Crippen LogP contribution >= 0.6 is 0 Å². The van der Waals surface area contributed by atoms with Crippen LogP contribution < -0.4 is 5.56 Å². The lowest BCUT2D eigenvalue weighted by Crippen LogP contribution is -2.48. The predicted octanol–water partition coefficient (Wildman–Crippen LogP) is 2.98. The van der Waals surface area contributed by atoms with Crippen LogP contribution in [0.5, 0.6) is 0 Å². The van der Waals surface area contributed by atoms with Gasteiger partial charge in [0.1, 0.15) is 6.04 Å². The number of carbonyl (C=O) groups is 1. The van der Waals surface area contributed by atoms with Crippen molar-refractivity contribution in [3.63, 3.8) is 0 Å². The maximum Gasteiger partial charge on any atom is 0.416 e. The van der Waals surface area contributed by atoms with Gasteiger partial charge in [-0.1, -0.05) is 13.8 Å². The lowest BCUT2D eigenvalue weighted by molar-refractivity contribution is -0.141. The van der Waals surface area contributed by atoms with Crippen molar-refractivity contribution in [1.29, 1.82) is 0 Å². The maximum atomic E-state index is 13.3. The van der Waals surface area contributed by atoms with E-state index in [-0.39, 0.29) is 30.2 Å². The van der Waals surface area contributed by atoms with E-state index in [1.54, 1.807) is 13.8 Å². The molecule has 0 spiro atoms. The van der Waals surface area contributed by atoms with Crippen LogP contribution in [0.2, 0.25) is 0 Å². The molecule has 0 bridgehead atoms. The molecule has 1 aromatic heterocycles. The van der Waals surface area contributed by atoms with E-state index < -0.39 is 36.0 Å². The van der Waals surface area contributed by atoms with E-state index in [4.69, 9.17) is 0 Å². The van der Waals surface area contributed by atoms with Gasteiger partial charge in [-0.05, 0) is 24.3 Å². The van der Waals surface area contributed by atoms with Gasteiger partial charge in [0.25, 0.3) is 5.56 Å². The number of nitrogens with zero attached hydrogens (tertiary/aromatic N) is 2. The zero-order valence-corrected chi connectivity index (χ0v) is 15.3. The van der Waals surface area contributed by atoms with Gasteiger partial charge in [0.05, 0.1) is 12.2 Å². The molecule has 1 aliphatic heterocycles. The van der Waals surface area contributed by atoms with E-state index in [1.165, 1.54) is 0 Å². The zero-order valence-electron chi connectivity index (χ0n) is 15.3. The van der Waals surface area contributed by atoms with E-state index in [1.807, 2.05) is 4.90 Å². The molecule has 0 saturated carbocycles. The lowest BCUT2D eigenvalue weighted by Gasteiger charge is -2.37. The molecule has 9 heteroatoms. The lowest BCUT2D eigenvalue weighted by atomic mass is 9.99. The molecular formula is C18H24F4N2O3. The third-order valence-corrected chi connectivity index (χ3v) is 4.73. The standard InChI is InChI=1S/C18H24F4N2O3/c1-11(2)5-15(17(26)27)24-10-13(3-4-23-8-12(7-19)9-23)14(6-16(24)25)18(20,21)22/h6,10-12,15H,3-5,7-9H2,1-2H3,(H,26,27). The van der Waals surface area contributed by atoms with Crippen molar-refractivity contribution in [2.45, 2.75) is 38.9 Å². The molecule has 0 aromatic carbocycles. The first-order chi connectivity index (χ1) is 12.5. The first kappa shape index (κ1) is 21.4. The number of rotatable bonds is 8. The molecule has 0 radical (unpaired) electrons. The highest BCUT2D eigenvalue weighted by Crippen LogP contribution is 2.32. The Morgan fingerprint density at radius 1 is 1.33 bits per heavy atom. The predicted molar refractivity (Wildman–Crippen MR) is 91.4 cm³/mol. The van der Waals surface area contributed by atoms with Crippen molar-refractivity contribution in [2.75, 3.05) is 26.3 Å². The molecular weight excluding hydrogens is 368 g/mol. The molecule has 0 aliphatic carbocycles. The van der Waals surface area contributed by atoms with Crippen molar-refractivity contribution >= 4 is 5.97 Å². The molecule has 2 rings (SSSR count). The fourth-order valence-electron chi connectivity index (χ4n) is 3.31. The highest BCUT2D eigenvalue weighted by molar-refractivity contribution is 5.71. The highest BCUT2D eigenvalue weighted by Gasteiger charge is 2.36. The molecule has 0 amide bonds. The maximum absolute atomic E-state index is 13.3. The van der Waals surface area contributed by atoms with Gasteiger partial charge >= 0.3 is 12.1 Å². The quantitative estimate of drug-likeness (QED) is 0.691. The van der Waals surface area contributed by atoms with Gasteiger partial charge in [-0.3, -0.25) is 9.18 Å². The molecule has 1 fully saturated rings. The minimum Gasteiger partial charge on any atom is -0.480 e. The number of hydrogen-bond donors (Lipinski definition) is 1. The van der Waals surface area contributed by atoms with Gasteiger partial charge in [0, 0.05) is 37.8 Å². The number of likely N-dealkylation sites (tertiary alicyclic amines) is 1. The first-order valence-corrected chi connectivity index (χ1v) is 8.86. The van der Waals surface area contributed by atoms with Crippen LogP contribution in [0, 0.1) is 11.8 Å². The van der Waals surface area contributed by atoms with Crippen LogP contribution in [0.3, 0.4) is 0 Å². The Balaban J connectivity index is 2.33. The Bertz CT molecular complexity index is 724. The summed E-state index contributed by atoms with van der Waals surface area (Å²) >= 11 is 0. The molecule has 5 nitrogen and oxygen atoms in total. The highest BCUT2D eigenvalue weighted by atomic mass is 19.4. The minimum absolute atomic E-state index is 0.00213. The number of alkyl halides is 4. The van der Waals surface area contributed by atoms with Crippen molar-refractivity contribution < 1.29 is 27.5 Å². The van der Waals surface area contributed by atoms with Crippen LogP contribution in [-0.2, 0) is 17.4 Å². The molecule has 1 atom stereocenters. The summed E-state index contributed by atoms with van der Waals surface area (Å²) in [7, 11) is 0. The molecule has 1 saturated heterocycles. The molecule has 152 valence electrons. The fourth-order valence-corrected chi connectivity index (χ4v) is 3.31. The van der Waals surface area contributed by atoms with E-state index in [2.05, 4.69) is 0 Å². The Labute approximate surface area is 154 Å². The van der Waals surface area contributed by atoms with Crippen molar-refractivity contribution in [1.82, 2.24) is 9.47 Å². The Morgan fingerprint density at radius 3 is 2.44 bits per heavy atom. The summed E-state index contributed by atoms with van der Waals surface area (Å²) in [6.45, 7) is 4.36. The summed E-state index contributed by atoms with van der Waals surface area (Å²) in [4.78, 5) is 25.6. The summed E-state index contributed by atoms with van der Waals surface area (Å²) < 4.78 is 53.4. The Morgan fingerprint density at radius 2 is 1.96 bits per heavy atom. The summed E-state index contributed by atoms with van der Waals surface area (Å²) in [5.41, 5.74) is -2.15. The summed E-state index contributed by atoms with van der Waals surface area (Å²) in [6.07, 6.45) is -3.55. The number of halogens is 4. The SMILES string of the molecule is CC(C)CC(C(=O)O)n1cc(CCN2CC(CF)C2)c(C(F)(F)F)cc1=O. The molecule has 1 unspecified atom stereocenters. The number of carboxylic acids is 1. The second-order valence-electron chi connectivity index (χ2n) is 7.47. The van der Waals surface area contributed by atoms with Gasteiger partial charge in [-0.25, -0.2) is 4.79 Å². The van der Waals surface area contributed by atoms with Crippen molar-refractivity contribution in [3.8, 4) is 0 Å². The Kier molecular flexibility index (Phi) is 6.67. The average Bonchev–Trinajstić information content (AvgIpc) is 2.51. The molecule has 1 N–H and O–H groups in total. The van der Waals surface area contributed by atoms with Gasteiger partial charge in [0.2, 0.25) is 0 Å². The zero-order chi connectivity index (χ0) is 20.4. The molecule has 2 heterocycles. The third-order valence-electron chi connectivity index (χ3n) is 4.73. The number of hydrogen-bond acceptors (Lipinski definition) is 3. The molecule has 27 heavy (non-hydrogen) atoms. The second-order valence-corrected chi connectivity index (χ2v) is 7.47. The normalized spacial score (nSPS) is 17.1. The van der Waals surface area contributed by atoms with E-state index in [9.17, 15) is 32.3 Å². The van der Waals surface area contributed by atoms with Gasteiger partial charge < -0.3 is 14.6 Å². The first-order valence-electron chi connectivity index (χ1n) is 8.86. The van der Waals surface area contributed by atoms with E-state index in [0.717, 1.165) is 10.8 Å². The fraction of sp³-hybridized carbons (Fsp3) is 0.667. The molecule has 1 aliphatic rings. The smallest absolute Gasteiger partial charge is 0.416 e. The van der Waals surface area contributed by atoms with Crippen LogP contribution in [0.15, 0.2) is 17.1 Å². The monoisotopic (exact) mass is 392 g/mol. The minimum atomic E-state index is -4.71. The van der Waals surface area contributed by atoms with Crippen molar-refractivity contribution in [3.05, 3.63) is 33.7 Å². The van der Waals surface area contributed by atoms with Crippen LogP contribution in [-0.4, -0.2) is 46.9 Å². The topological polar surface area (TPSA) is 62.5 Å². The van der Waals surface area contributed by atoms with Gasteiger partial charge in [-0.2, -0.15) is 13.2 Å². The number of pyridine rings is 1. The molecule has 1 aromatic rings. The van der Waals surface area contributed by atoms with Gasteiger partial charge in [0.15, 0.2) is 0 Å². The summed E-state index contributed by atoms with van der Waals surface area (Å²) in [5.74, 6) is -1.39. The largest absolute Gasteiger partial charge is 0.480 e. The number of aliphatic carboxylic acids is 1. The summed E-state index contributed by atoms with van der Waals surface area (Å²) in [5, 5.41) is 9.42. The van der Waals surface area contributed by atoms with Gasteiger partial charge in [-0.15, -0.1) is 0 Å². The van der Waals surface area contributed by atoms with Crippen molar-refractivity contribution in [2.24, 2.45) is 11.8 Å². The van der Waals surface area contributed by atoms with Crippen LogP contribution in [0.25, 0.3) is 0 Å². The van der Waals surface area contributed by atoms with Crippen LogP contribution in [0.1, 0.15) is 37.4 Å². The summed E-state index contributed by atoms with van der Waals surface area (Å²) in [6, 6.07) is -0.745. The number of aromatic nitrogens is 1. The van der Waals surface area contributed by atoms with Crippen LogP contribution in [0.4, 0.5) is 17.6 Å². The average molecular weight is 392 g/mol. The second kappa shape index (κ2) is 8.41. The van der Waals surface area contributed by atoms with E-state index in [0.29, 0.717) is 25.7 Å². The Hall–Kier alpha value is -1.90. The number of carboxylic acid groups (broad SMARTS) is 1.